The van der Waals surface area contributed by atoms with Crippen LogP contribution in [-0.2, 0) is 11.2 Å². The summed E-state index contributed by atoms with van der Waals surface area (Å²) in [4.78, 5) is 10.7. The third kappa shape index (κ3) is 2.54. The molecule has 0 aromatic heterocycles. The molecule has 0 spiro atoms. The molecule has 0 saturated heterocycles. The van der Waals surface area contributed by atoms with Crippen molar-refractivity contribution in [1.82, 2.24) is 0 Å². The second-order valence-corrected chi connectivity index (χ2v) is 4.00. The molecule has 3 N–H and O–H groups in total. The van der Waals surface area contributed by atoms with Gasteiger partial charge in [0.1, 0.15) is 11.9 Å². The summed E-state index contributed by atoms with van der Waals surface area (Å²) < 4.78 is 13.8. The summed E-state index contributed by atoms with van der Waals surface area (Å²) in [6.45, 7) is 1.90. The molecule has 1 rings (SSSR count). The van der Waals surface area contributed by atoms with E-state index in [1.54, 1.807) is 6.07 Å². The number of rotatable bonds is 3. The average Bonchev–Trinajstić information content (AvgIpc) is 2.20. The number of carboxylic acids is 1. The molecular weight excluding hydrogens is 265 g/mol. The number of aryl methyl sites for hydroxylation is 1. The van der Waals surface area contributed by atoms with Gasteiger partial charge in [0.15, 0.2) is 0 Å². The molecule has 5 heteroatoms. The van der Waals surface area contributed by atoms with Crippen molar-refractivity contribution in [2.45, 2.75) is 19.4 Å². The van der Waals surface area contributed by atoms with Crippen molar-refractivity contribution in [1.29, 1.82) is 0 Å². The molecule has 1 aromatic rings. The van der Waals surface area contributed by atoms with Crippen LogP contribution in [0, 0.1) is 5.82 Å². The number of carboxylic acid groups (broad SMARTS) is 1. The van der Waals surface area contributed by atoms with Gasteiger partial charge in [0.05, 0.1) is 4.47 Å². The Labute approximate surface area is 95.2 Å². The lowest BCUT2D eigenvalue weighted by molar-refractivity contribution is -0.138. The van der Waals surface area contributed by atoms with Crippen LogP contribution in [0.2, 0.25) is 0 Å². The number of halogens is 2. The fraction of sp³-hybridized carbons (Fsp3) is 0.300. The second kappa shape index (κ2) is 4.72. The summed E-state index contributed by atoms with van der Waals surface area (Å²) in [5, 5.41) is 8.71. The van der Waals surface area contributed by atoms with Gasteiger partial charge < -0.3 is 10.8 Å². The molecule has 0 amide bonds. The summed E-state index contributed by atoms with van der Waals surface area (Å²) in [5.74, 6) is -1.85. The molecule has 82 valence electrons. The maximum Gasteiger partial charge on any atom is 0.325 e. The molecule has 0 saturated carbocycles. The van der Waals surface area contributed by atoms with E-state index in [4.69, 9.17) is 10.8 Å². The average molecular weight is 276 g/mol. The van der Waals surface area contributed by atoms with Crippen molar-refractivity contribution in [2.24, 2.45) is 5.73 Å². The van der Waals surface area contributed by atoms with E-state index in [0.717, 1.165) is 5.56 Å². The molecule has 0 aliphatic heterocycles. The van der Waals surface area contributed by atoms with E-state index < -0.39 is 17.8 Å². The van der Waals surface area contributed by atoms with Crippen molar-refractivity contribution >= 4 is 21.9 Å². The van der Waals surface area contributed by atoms with Crippen LogP contribution >= 0.6 is 15.9 Å². The molecule has 0 radical (unpaired) electrons. The first-order chi connectivity index (χ1) is 6.97. The van der Waals surface area contributed by atoms with Crippen molar-refractivity contribution in [3.63, 3.8) is 0 Å². The lowest BCUT2D eigenvalue weighted by Gasteiger charge is -2.11. The maximum atomic E-state index is 13.5. The Hall–Kier alpha value is -0.940. The Morgan fingerprint density at radius 3 is 2.73 bits per heavy atom. The van der Waals surface area contributed by atoms with Crippen LogP contribution in [0.25, 0.3) is 0 Å². The predicted molar refractivity (Wildman–Crippen MR) is 58.0 cm³/mol. The summed E-state index contributed by atoms with van der Waals surface area (Å²) in [5.41, 5.74) is 6.22. The Morgan fingerprint density at radius 1 is 1.67 bits per heavy atom. The molecule has 0 fully saturated rings. The van der Waals surface area contributed by atoms with Gasteiger partial charge in [-0.15, -0.1) is 0 Å². The quantitative estimate of drug-likeness (QED) is 0.889. The fourth-order valence-electron chi connectivity index (χ4n) is 1.23. The van der Waals surface area contributed by atoms with Crippen LogP contribution < -0.4 is 5.73 Å². The highest BCUT2D eigenvalue weighted by Crippen LogP contribution is 2.25. The summed E-state index contributed by atoms with van der Waals surface area (Å²) in [7, 11) is 0. The molecule has 15 heavy (non-hydrogen) atoms. The van der Waals surface area contributed by atoms with Crippen molar-refractivity contribution in [3.05, 3.63) is 33.5 Å². The van der Waals surface area contributed by atoms with Crippen LogP contribution in [0.4, 0.5) is 4.39 Å². The van der Waals surface area contributed by atoms with Gasteiger partial charge in [0.25, 0.3) is 0 Å². The fourth-order valence-corrected chi connectivity index (χ4v) is 1.76. The molecular formula is C10H11BrFNO2. The van der Waals surface area contributed by atoms with Crippen LogP contribution in [0.1, 0.15) is 24.1 Å². The maximum absolute atomic E-state index is 13.5. The first kappa shape index (κ1) is 12.1. The van der Waals surface area contributed by atoms with E-state index in [0.29, 0.717) is 6.42 Å². The molecule has 0 aliphatic carbocycles. The Bertz CT molecular complexity index is 395. The normalized spacial score (nSPS) is 12.5. The van der Waals surface area contributed by atoms with Crippen LogP contribution in [-0.4, -0.2) is 11.1 Å². The third-order valence-corrected chi connectivity index (χ3v) is 2.70. The van der Waals surface area contributed by atoms with Crippen molar-refractivity contribution < 1.29 is 14.3 Å². The lowest BCUT2D eigenvalue weighted by atomic mass is 10.0. The standard InChI is InChI=1S/C10H11BrFNO2/c1-2-5-3-6(9(13)10(14)15)8(12)7(11)4-5/h3-4,9H,2,13H2,1H3,(H,14,15). The zero-order chi connectivity index (χ0) is 11.6. The number of hydrogen-bond donors (Lipinski definition) is 2. The lowest BCUT2D eigenvalue weighted by Crippen LogP contribution is -2.22. The van der Waals surface area contributed by atoms with Crippen molar-refractivity contribution in [2.75, 3.05) is 0 Å². The van der Waals surface area contributed by atoms with E-state index in [9.17, 15) is 9.18 Å². The smallest absolute Gasteiger partial charge is 0.325 e. The topological polar surface area (TPSA) is 63.3 Å². The largest absolute Gasteiger partial charge is 0.480 e. The van der Waals surface area contributed by atoms with Crippen LogP contribution in [0.15, 0.2) is 16.6 Å². The highest BCUT2D eigenvalue weighted by Gasteiger charge is 2.20. The van der Waals surface area contributed by atoms with Gasteiger partial charge in [-0.3, -0.25) is 4.79 Å². The van der Waals surface area contributed by atoms with E-state index in [2.05, 4.69) is 15.9 Å². The first-order valence-electron chi connectivity index (χ1n) is 4.43. The second-order valence-electron chi connectivity index (χ2n) is 3.15. The predicted octanol–water partition coefficient (Wildman–Crippen LogP) is 2.24. The minimum absolute atomic E-state index is 0.00808. The van der Waals surface area contributed by atoms with Gasteiger partial charge in [0, 0.05) is 5.56 Å². The molecule has 1 aromatic carbocycles. The highest BCUT2D eigenvalue weighted by molar-refractivity contribution is 9.10. The Balaban J connectivity index is 3.27. The minimum atomic E-state index is -1.33. The molecule has 0 heterocycles. The molecule has 0 bridgehead atoms. The number of carbonyl (C=O) groups is 1. The van der Waals surface area contributed by atoms with Gasteiger partial charge in [0.2, 0.25) is 0 Å². The SMILES string of the molecule is CCc1cc(Br)c(F)c(C(N)C(=O)O)c1. The van der Waals surface area contributed by atoms with E-state index in [-0.39, 0.29) is 10.0 Å². The first-order valence-corrected chi connectivity index (χ1v) is 5.22. The van der Waals surface area contributed by atoms with E-state index in [1.165, 1.54) is 6.07 Å². The van der Waals surface area contributed by atoms with Crippen LogP contribution in [0.5, 0.6) is 0 Å². The number of nitrogens with two attached hydrogens (primary N) is 1. The molecule has 0 aliphatic rings. The Kier molecular flexibility index (Phi) is 3.82. The highest BCUT2D eigenvalue weighted by atomic mass is 79.9. The minimum Gasteiger partial charge on any atom is -0.480 e. The zero-order valence-electron chi connectivity index (χ0n) is 8.13. The summed E-state index contributed by atoms with van der Waals surface area (Å²) >= 11 is 3.03. The van der Waals surface area contributed by atoms with Gasteiger partial charge in [-0.05, 0) is 34.0 Å². The van der Waals surface area contributed by atoms with Gasteiger partial charge in [-0.2, -0.15) is 0 Å². The van der Waals surface area contributed by atoms with Gasteiger partial charge >= 0.3 is 5.97 Å². The van der Waals surface area contributed by atoms with Gasteiger partial charge in [-0.25, -0.2) is 4.39 Å². The number of hydrogen-bond acceptors (Lipinski definition) is 2. The molecule has 1 unspecified atom stereocenters. The summed E-state index contributed by atoms with van der Waals surface area (Å²) in [6.07, 6.45) is 0.693. The zero-order valence-corrected chi connectivity index (χ0v) is 9.71. The summed E-state index contributed by atoms with van der Waals surface area (Å²) in [6, 6.07) is 1.78. The number of aliphatic carboxylic acids is 1. The molecule has 1 atom stereocenters. The number of benzene rings is 1. The van der Waals surface area contributed by atoms with E-state index in [1.807, 2.05) is 6.92 Å². The Morgan fingerprint density at radius 2 is 2.27 bits per heavy atom. The monoisotopic (exact) mass is 275 g/mol. The van der Waals surface area contributed by atoms with Crippen molar-refractivity contribution in [3.8, 4) is 0 Å². The van der Waals surface area contributed by atoms with Gasteiger partial charge in [-0.1, -0.05) is 13.0 Å². The van der Waals surface area contributed by atoms with E-state index >= 15 is 0 Å². The third-order valence-electron chi connectivity index (χ3n) is 2.13. The molecule has 3 nitrogen and oxygen atoms in total. The van der Waals surface area contributed by atoms with Crippen LogP contribution in [0.3, 0.4) is 0 Å².